The number of carbonyl (C=O) groups is 5. The number of esters is 5. The van der Waals surface area contributed by atoms with Gasteiger partial charge in [0.2, 0.25) is 0 Å². The normalized spacial score (nSPS) is 10.5. The fraction of sp³-hybridized carbons (Fsp3) is 0.0571. The Morgan fingerprint density at radius 3 is 1.40 bits per heavy atom. The lowest BCUT2D eigenvalue weighted by atomic mass is 9.97. The van der Waals surface area contributed by atoms with E-state index < -0.39 is 29.8 Å². The largest absolute Gasteiger partial charge is 0.423 e. The highest BCUT2D eigenvalue weighted by Gasteiger charge is 2.21. The van der Waals surface area contributed by atoms with Crippen LogP contribution >= 0.6 is 0 Å². The molecule has 0 saturated heterocycles. The molecule has 0 aliphatic carbocycles. The molecule has 0 unspecified atom stereocenters. The van der Waals surface area contributed by atoms with Crippen LogP contribution in [0.5, 0.6) is 28.7 Å². The van der Waals surface area contributed by atoms with E-state index in [1.165, 1.54) is 42.5 Å². The molecule has 0 fully saturated rings. The maximum atomic E-state index is 12.9. The molecule has 0 bridgehead atoms. The van der Waals surface area contributed by atoms with Crippen molar-refractivity contribution >= 4 is 29.8 Å². The molecule has 0 aliphatic rings. The molecule has 45 heavy (non-hydrogen) atoms. The SMILES string of the molecule is C=CC(=O)Oc1ccc(-c2ccc(-c3ccc(OC(=O)C=C)cc3OC(=O)C=C)c(OC(=O)/C(C)=C\C)c2)c(OC(=O)C=C)c1. The van der Waals surface area contributed by atoms with Gasteiger partial charge >= 0.3 is 29.8 Å². The fourth-order valence-corrected chi connectivity index (χ4v) is 3.67. The smallest absolute Gasteiger partial charge is 0.338 e. The Morgan fingerprint density at radius 1 is 0.533 bits per heavy atom. The first-order valence-corrected chi connectivity index (χ1v) is 13.2. The van der Waals surface area contributed by atoms with Gasteiger partial charge in [0.25, 0.3) is 0 Å². The van der Waals surface area contributed by atoms with Crippen molar-refractivity contribution < 1.29 is 47.7 Å². The molecular weight excluding hydrogens is 580 g/mol. The zero-order valence-corrected chi connectivity index (χ0v) is 24.5. The molecule has 0 amide bonds. The maximum Gasteiger partial charge on any atom is 0.338 e. The minimum absolute atomic E-state index is 0.0120. The Bertz CT molecular complexity index is 1760. The van der Waals surface area contributed by atoms with Crippen LogP contribution in [0.25, 0.3) is 22.3 Å². The molecule has 0 heterocycles. The average molecular weight is 609 g/mol. The molecule has 3 aromatic carbocycles. The van der Waals surface area contributed by atoms with Gasteiger partial charge in [-0.2, -0.15) is 0 Å². The van der Waals surface area contributed by atoms with Gasteiger partial charge in [0.1, 0.15) is 28.7 Å². The summed E-state index contributed by atoms with van der Waals surface area (Å²) in [5, 5.41) is 0. The van der Waals surface area contributed by atoms with Crippen LogP contribution in [0.3, 0.4) is 0 Å². The molecule has 0 aromatic heterocycles. The van der Waals surface area contributed by atoms with Gasteiger partial charge in [-0.15, -0.1) is 0 Å². The third kappa shape index (κ3) is 8.62. The number of allylic oxidation sites excluding steroid dienone is 1. The number of hydrogen-bond donors (Lipinski definition) is 0. The summed E-state index contributed by atoms with van der Waals surface area (Å²) in [6, 6.07) is 13.3. The molecule has 0 aliphatic heterocycles. The molecule has 10 nitrogen and oxygen atoms in total. The zero-order chi connectivity index (χ0) is 33.1. The number of rotatable bonds is 12. The summed E-state index contributed by atoms with van der Waals surface area (Å²) in [6.45, 7) is 16.8. The van der Waals surface area contributed by atoms with Gasteiger partial charge in [0, 0.05) is 58.7 Å². The summed E-state index contributed by atoms with van der Waals surface area (Å²) in [5.41, 5.74) is 1.70. The summed E-state index contributed by atoms with van der Waals surface area (Å²) in [6.07, 6.45) is 5.44. The van der Waals surface area contributed by atoms with E-state index in [4.69, 9.17) is 23.7 Å². The first kappa shape index (κ1) is 33.2. The number of carbonyl (C=O) groups excluding carboxylic acids is 5. The van der Waals surface area contributed by atoms with Crippen molar-refractivity contribution in [1.29, 1.82) is 0 Å². The Labute approximate surface area is 259 Å². The molecule has 0 radical (unpaired) electrons. The summed E-state index contributed by atoms with van der Waals surface area (Å²) in [4.78, 5) is 60.8. The van der Waals surface area contributed by atoms with Crippen LogP contribution in [0.4, 0.5) is 0 Å². The molecule has 3 rings (SSSR count). The molecule has 0 saturated carbocycles. The second-order valence-electron chi connectivity index (χ2n) is 8.89. The molecule has 10 heteroatoms. The first-order chi connectivity index (χ1) is 21.5. The molecule has 0 spiro atoms. The van der Waals surface area contributed by atoms with Crippen molar-refractivity contribution in [3.63, 3.8) is 0 Å². The van der Waals surface area contributed by atoms with Crippen LogP contribution < -0.4 is 23.7 Å². The van der Waals surface area contributed by atoms with E-state index in [0.717, 1.165) is 24.3 Å². The van der Waals surface area contributed by atoms with Gasteiger partial charge in [-0.25, -0.2) is 24.0 Å². The maximum absolute atomic E-state index is 12.9. The number of ether oxygens (including phenoxy) is 5. The van der Waals surface area contributed by atoms with Crippen molar-refractivity contribution in [2.75, 3.05) is 0 Å². The highest BCUT2D eigenvalue weighted by atomic mass is 16.6. The summed E-state index contributed by atoms with van der Waals surface area (Å²) >= 11 is 0. The van der Waals surface area contributed by atoms with E-state index in [9.17, 15) is 24.0 Å². The molecule has 228 valence electrons. The Kier molecular flexibility index (Phi) is 11.3. The van der Waals surface area contributed by atoms with Gasteiger partial charge < -0.3 is 23.7 Å². The summed E-state index contributed by atoms with van der Waals surface area (Å²) < 4.78 is 27.0. The highest BCUT2D eigenvalue weighted by Crippen LogP contribution is 2.43. The molecule has 0 N–H and O–H groups in total. The van der Waals surface area contributed by atoms with Crippen LogP contribution in [-0.2, 0) is 24.0 Å². The van der Waals surface area contributed by atoms with Crippen LogP contribution in [-0.4, -0.2) is 29.8 Å². The lowest BCUT2D eigenvalue weighted by molar-refractivity contribution is -0.130. The predicted molar refractivity (Wildman–Crippen MR) is 166 cm³/mol. The summed E-state index contributed by atoms with van der Waals surface area (Å²) in [7, 11) is 0. The van der Waals surface area contributed by atoms with Crippen LogP contribution in [0.15, 0.2) is 117 Å². The highest BCUT2D eigenvalue weighted by molar-refractivity contribution is 5.93. The Balaban J connectivity index is 2.26. The minimum Gasteiger partial charge on any atom is -0.423 e. The predicted octanol–water partition coefficient (Wildman–Crippen LogP) is 6.26. The summed E-state index contributed by atoms with van der Waals surface area (Å²) in [5.74, 6) is -3.54. The molecule has 3 aromatic rings. The standard InChI is InChI=1S/C35H28O10/c1-7-21(6)35(40)45-28-18-22(25-16-13-23(41-31(36)8-2)19-29(25)43-33(38)10-4)12-15-26(28)27-17-14-24(42-32(37)9-3)20-30(27)44-34(39)11-5/h7-20H,2-5H2,1,6H3/b21-7-. The quantitative estimate of drug-likeness (QED) is 0.132. The molecule has 0 atom stereocenters. The zero-order valence-electron chi connectivity index (χ0n) is 24.5. The van der Waals surface area contributed by atoms with Gasteiger partial charge in [-0.05, 0) is 55.8 Å². The van der Waals surface area contributed by atoms with Gasteiger partial charge in [-0.1, -0.05) is 38.5 Å². The van der Waals surface area contributed by atoms with E-state index in [2.05, 4.69) is 26.3 Å². The lowest BCUT2D eigenvalue weighted by Crippen LogP contribution is -2.11. The van der Waals surface area contributed by atoms with E-state index in [-0.39, 0.29) is 28.7 Å². The van der Waals surface area contributed by atoms with Crippen LogP contribution in [0.2, 0.25) is 0 Å². The van der Waals surface area contributed by atoms with Gasteiger partial charge in [0.05, 0.1) is 0 Å². The molecular formula is C35H28O10. The Hall–Kier alpha value is -6.29. The van der Waals surface area contributed by atoms with Crippen molar-refractivity contribution in [2.45, 2.75) is 13.8 Å². The second-order valence-corrected chi connectivity index (χ2v) is 8.89. The Morgan fingerprint density at radius 2 is 0.933 bits per heavy atom. The van der Waals surface area contributed by atoms with E-state index in [1.807, 2.05) is 0 Å². The topological polar surface area (TPSA) is 132 Å². The van der Waals surface area contributed by atoms with Crippen molar-refractivity contribution in [3.8, 4) is 51.0 Å². The fourth-order valence-electron chi connectivity index (χ4n) is 3.67. The third-order valence-electron chi connectivity index (χ3n) is 5.97. The first-order valence-electron chi connectivity index (χ1n) is 13.2. The van der Waals surface area contributed by atoms with Crippen molar-refractivity contribution in [1.82, 2.24) is 0 Å². The van der Waals surface area contributed by atoms with Crippen LogP contribution in [0, 0.1) is 0 Å². The van der Waals surface area contributed by atoms with Crippen molar-refractivity contribution in [3.05, 3.63) is 117 Å². The lowest BCUT2D eigenvalue weighted by Gasteiger charge is -2.17. The number of hydrogen-bond acceptors (Lipinski definition) is 10. The second kappa shape index (κ2) is 15.3. The van der Waals surface area contributed by atoms with Crippen molar-refractivity contribution in [2.24, 2.45) is 0 Å². The van der Waals surface area contributed by atoms with Gasteiger partial charge in [0.15, 0.2) is 0 Å². The average Bonchev–Trinajstić information content (AvgIpc) is 3.04. The van der Waals surface area contributed by atoms with E-state index in [0.29, 0.717) is 27.8 Å². The minimum atomic E-state index is -0.797. The van der Waals surface area contributed by atoms with Gasteiger partial charge in [-0.3, -0.25) is 0 Å². The van der Waals surface area contributed by atoms with E-state index >= 15 is 0 Å². The monoisotopic (exact) mass is 608 g/mol. The number of benzene rings is 3. The van der Waals surface area contributed by atoms with Crippen LogP contribution in [0.1, 0.15) is 13.8 Å². The van der Waals surface area contributed by atoms with E-state index in [1.54, 1.807) is 32.1 Å². The third-order valence-corrected chi connectivity index (χ3v) is 5.97.